The average molecular weight is 332 g/mol. The second kappa shape index (κ2) is 8.31. The molecule has 0 aliphatic carbocycles. The van der Waals surface area contributed by atoms with Crippen LogP contribution in [0.1, 0.15) is 15.9 Å². The van der Waals surface area contributed by atoms with Crippen LogP contribution in [0.2, 0.25) is 5.02 Å². The van der Waals surface area contributed by atoms with Crippen LogP contribution in [0.15, 0.2) is 48.5 Å². The fraction of sp³-hybridized carbons (Fsp3) is 0.176. The summed E-state index contributed by atoms with van der Waals surface area (Å²) >= 11 is 6.05. The summed E-state index contributed by atoms with van der Waals surface area (Å²) in [7, 11) is 1.56. The number of carbonyl (C=O) groups is 2. The first kappa shape index (κ1) is 17.0. The van der Waals surface area contributed by atoms with E-state index in [-0.39, 0.29) is 18.4 Å². The third-order valence-corrected chi connectivity index (χ3v) is 3.56. The molecule has 0 aromatic heterocycles. The summed E-state index contributed by atoms with van der Waals surface area (Å²) in [4.78, 5) is 23.5. The van der Waals surface area contributed by atoms with Crippen LogP contribution in [0.5, 0.6) is 0 Å². The van der Waals surface area contributed by atoms with E-state index in [1.54, 1.807) is 31.3 Å². The van der Waals surface area contributed by atoms with E-state index in [2.05, 4.69) is 16.0 Å². The van der Waals surface area contributed by atoms with Crippen molar-refractivity contribution in [1.82, 2.24) is 10.6 Å². The summed E-state index contributed by atoms with van der Waals surface area (Å²) in [5.74, 6) is -0.385. The van der Waals surface area contributed by atoms with Crippen LogP contribution in [0.25, 0.3) is 0 Å². The van der Waals surface area contributed by atoms with Crippen molar-refractivity contribution < 1.29 is 9.59 Å². The smallest absolute Gasteiger partial charge is 0.251 e. The number of hydrogen-bond donors (Lipinski definition) is 3. The third-order valence-electron chi connectivity index (χ3n) is 3.19. The van der Waals surface area contributed by atoms with Crippen LogP contribution in [-0.2, 0) is 11.3 Å². The van der Waals surface area contributed by atoms with E-state index in [1.807, 2.05) is 24.3 Å². The van der Waals surface area contributed by atoms with Gasteiger partial charge >= 0.3 is 0 Å². The lowest BCUT2D eigenvalue weighted by Crippen LogP contribution is -2.28. The minimum atomic E-state index is -0.196. The minimum absolute atomic E-state index is 0.148. The zero-order valence-electron chi connectivity index (χ0n) is 12.7. The second-order valence-electron chi connectivity index (χ2n) is 4.90. The number of nitrogens with one attached hydrogen (secondary N) is 3. The summed E-state index contributed by atoms with van der Waals surface area (Å²) in [5.41, 5.74) is 2.01. The SMILES string of the molecule is CNC(=O)c1cccc(NC(=O)CNCc2ccccc2Cl)c1. The molecule has 0 bridgehead atoms. The first-order valence-corrected chi connectivity index (χ1v) is 7.54. The molecular weight excluding hydrogens is 314 g/mol. The van der Waals surface area contributed by atoms with E-state index in [1.165, 1.54) is 0 Å². The highest BCUT2D eigenvalue weighted by Gasteiger charge is 2.06. The molecule has 0 atom stereocenters. The normalized spacial score (nSPS) is 10.2. The molecule has 2 amide bonds. The van der Waals surface area contributed by atoms with Crippen LogP contribution in [0.4, 0.5) is 5.69 Å². The molecule has 0 unspecified atom stereocenters. The standard InChI is InChI=1S/C17H18ClN3O2/c1-19-17(23)12-6-4-7-14(9-12)21-16(22)11-20-10-13-5-2-3-8-15(13)18/h2-9,20H,10-11H2,1H3,(H,19,23)(H,21,22). The molecule has 0 radical (unpaired) electrons. The molecular formula is C17H18ClN3O2. The molecule has 0 fully saturated rings. The van der Waals surface area contributed by atoms with Gasteiger partial charge in [-0.15, -0.1) is 0 Å². The molecule has 2 rings (SSSR count). The summed E-state index contributed by atoms with van der Waals surface area (Å²) in [6.45, 7) is 0.654. The van der Waals surface area contributed by atoms with Crippen LogP contribution in [-0.4, -0.2) is 25.4 Å². The van der Waals surface area contributed by atoms with Gasteiger partial charge in [0.1, 0.15) is 0 Å². The molecule has 120 valence electrons. The van der Waals surface area contributed by atoms with E-state index in [4.69, 9.17) is 11.6 Å². The number of rotatable bonds is 6. The summed E-state index contributed by atoms with van der Waals surface area (Å²) < 4.78 is 0. The van der Waals surface area contributed by atoms with Gasteiger partial charge in [0.05, 0.1) is 6.54 Å². The topological polar surface area (TPSA) is 70.2 Å². The van der Waals surface area contributed by atoms with Crippen molar-refractivity contribution in [2.75, 3.05) is 18.9 Å². The number of hydrogen-bond acceptors (Lipinski definition) is 3. The van der Waals surface area contributed by atoms with Crippen molar-refractivity contribution in [3.63, 3.8) is 0 Å². The van der Waals surface area contributed by atoms with Gasteiger partial charge in [-0.25, -0.2) is 0 Å². The Morgan fingerprint density at radius 1 is 1.09 bits per heavy atom. The molecule has 3 N–H and O–H groups in total. The third kappa shape index (κ3) is 5.09. The predicted octanol–water partition coefficient (Wildman–Crippen LogP) is 2.43. The van der Waals surface area contributed by atoms with Crippen molar-refractivity contribution in [3.05, 3.63) is 64.7 Å². The van der Waals surface area contributed by atoms with E-state index in [0.717, 1.165) is 5.56 Å². The number of amides is 2. The maximum absolute atomic E-state index is 11.9. The van der Waals surface area contributed by atoms with Gasteiger partial charge in [-0.1, -0.05) is 35.9 Å². The molecule has 23 heavy (non-hydrogen) atoms. The largest absolute Gasteiger partial charge is 0.355 e. The Bertz CT molecular complexity index is 704. The molecule has 6 heteroatoms. The fourth-order valence-electron chi connectivity index (χ4n) is 2.04. The van der Waals surface area contributed by atoms with Crippen molar-refractivity contribution in [1.29, 1.82) is 0 Å². The fourth-order valence-corrected chi connectivity index (χ4v) is 2.24. The second-order valence-corrected chi connectivity index (χ2v) is 5.31. The minimum Gasteiger partial charge on any atom is -0.355 e. The zero-order valence-corrected chi connectivity index (χ0v) is 13.5. The Labute approximate surface area is 140 Å². The van der Waals surface area contributed by atoms with Gasteiger partial charge in [0.15, 0.2) is 0 Å². The maximum Gasteiger partial charge on any atom is 0.251 e. The van der Waals surface area contributed by atoms with Crippen LogP contribution < -0.4 is 16.0 Å². The summed E-state index contributed by atoms with van der Waals surface area (Å²) in [6, 6.07) is 14.2. The highest BCUT2D eigenvalue weighted by molar-refractivity contribution is 6.31. The van der Waals surface area contributed by atoms with Gasteiger partial charge < -0.3 is 16.0 Å². The van der Waals surface area contributed by atoms with Crippen molar-refractivity contribution >= 4 is 29.1 Å². The molecule has 0 saturated carbocycles. The molecule has 2 aromatic carbocycles. The average Bonchev–Trinajstić information content (AvgIpc) is 2.56. The van der Waals surface area contributed by atoms with Crippen molar-refractivity contribution in [2.24, 2.45) is 0 Å². The Morgan fingerprint density at radius 3 is 2.61 bits per heavy atom. The molecule has 0 saturated heterocycles. The maximum atomic E-state index is 11.9. The first-order chi connectivity index (χ1) is 11.1. The first-order valence-electron chi connectivity index (χ1n) is 7.16. The van der Waals surface area contributed by atoms with E-state index >= 15 is 0 Å². The Morgan fingerprint density at radius 2 is 1.87 bits per heavy atom. The van der Waals surface area contributed by atoms with Gasteiger partial charge in [-0.3, -0.25) is 9.59 Å². The molecule has 0 aliphatic heterocycles. The lowest BCUT2D eigenvalue weighted by atomic mass is 10.2. The number of anilines is 1. The quantitative estimate of drug-likeness (QED) is 0.761. The highest BCUT2D eigenvalue weighted by atomic mass is 35.5. The molecule has 2 aromatic rings. The summed E-state index contributed by atoms with van der Waals surface area (Å²) in [6.07, 6.45) is 0. The molecule has 0 aliphatic rings. The Kier molecular flexibility index (Phi) is 6.14. The van der Waals surface area contributed by atoms with E-state index in [9.17, 15) is 9.59 Å². The van der Waals surface area contributed by atoms with Crippen molar-refractivity contribution in [3.8, 4) is 0 Å². The monoisotopic (exact) mass is 331 g/mol. The predicted molar refractivity (Wildman–Crippen MR) is 91.6 cm³/mol. The molecule has 0 spiro atoms. The van der Waals surface area contributed by atoms with Gasteiger partial charge in [0.2, 0.25) is 5.91 Å². The summed E-state index contributed by atoms with van der Waals surface area (Å²) in [5, 5.41) is 8.99. The van der Waals surface area contributed by atoms with Gasteiger partial charge in [-0.05, 0) is 29.8 Å². The zero-order chi connectivity index (χ0) is 16.7. The molecule has 0 heterocycles. The van der Waals surface area contributed by atoms with E-state index in [0.29, 0.717) is 22.8 Å². The number of benzene rings is 2. The number of carbonyl (C=O) groups excluding carboxylic acids is 2. The van der Waals surface area contributed by atoms with Crippen molar-refractivity contribution in [2.45, 2.75) is 6.54 Å². The highest BCUT2D eigenvalue weighted by Crippen LogP contribution is 2.14. The molecule has 5 nitrogen and oxygen atoms in total. The van der Waals surface area contributed by atoms with Gasteiger partial charge in [-0.2, -0.15) is 0 Å². The van der Waals surface area contributed by atoms with Crippen LogP contribution in [0, 0.1) is 0 Å². The van der Waals surface area contributed by atoms with Crippen LogP contribution >= 0.6 is 11.6 Å². The Balaban J connectivity index is 1.85. The van der Waals surface area contributed by atoms with E-state index < -0.39 is 0 Å². The number of halogens is 1. The van der Waals surface area contributed by atoms with Crippen LogP contribution in [0.3, 0.4) is 0 Å². The lowest BCUT2D eigenvalue weighted by molar-refractivity contribution is -0.115. The lowest BCUT2D eigenvalue weighted by Gasteiger charge is -2.09. The van der Waals surface area contributed by atoms with Gasteiger partial charge in [0, 0.05) is 29.9 Å². The Hall–Kier alpha value is -2.37. The van der Waals surface area contributed by atoms with Gasteiger partial charge in [0.25, 0.3) is 5.91 Å².